The molecule has 304 valence electrons. The quantitative estimate of drug-likeness (QED) is 0.0330. The normalized spacial score (nSPS) is 14.6. The van der Waals surface area contributed by atoms with Gasteiger partial charge in [0.1, 0.15) is 6.23 Å². The van der Waals surface area contributed by atoms with Gasteiger partial charge in [-0.15, -0.1) is 0 Å². The lowest BCUT2D eigenvalue weighted by Gasteiger charge is -2.44. The van der Waals surface area contributed by atoms with Crippen LogP contribution in [-0.2, 0) is 38.3 Å². The lowest BCUT2D eigenvalue weighted by atomic mass is 10.4. The Labute approximate surface area is 325 Å². The number of hydrogen-bond donors (Lipinski definition) is 0. The van der Waals surface area contributed by atoms with Crippen LogP contribution in [0.25, 0.3) is 0 Å². The molecule has 0 saturated carbocycles. The molecule has 0 bridgehead atoms. The van der Waals surface area contributed by atoms with Gasteiger partial charge in [0.25, 0.3) is 0 Å². The second-order valence-electron chi connectivity index (χ2n) is 18.2. The second-order valence-corrected chi connectivity index (χ2v) is 53.3. The molecule has 9 nitrogen and oxygen atoms in total. The van der Waals surface area contributed by atoms with E-state index >= 15 is 0 Å². The van der Waals surface area contributed by atoms with Crippen LogP contribution in [0.1, 0.15) is 59.3 Å². The van der Waals surface area contributed by atoms with Crippen LogP contribution in [0, 0.1) is 0 Å². The number of carbonyl (C=O) groups is 1. The van der Waals surface area contributed by atoms with Gasteiger partial charge in [-0.1, -0.05) is 46.6 Å². The Kier molecular flexibility index (Phi) is 21.5. The summed E-state index contributed by atoms with van der Waals surface area (Å²) in [6.07, 6.45) is 13.5. The van der Waals surface area contributed by atoms with Gasteiger partial charge in [0.15, 0.2) is 0 Å². The monoisotopic (exact) mass is 877 g/mol. The molecule has 0 saturated heterocycles. The van der Waals surface area contributed by atoms with Gasteiger partial charge in [-0.3, -0.25) is 0 Å². The lowest BCUT2D eigenvalue weighted by Crippen LogP contribution is -2.62. The van der Waals surface area contributed by atoms with Crippen molar-refractivity contribution in [1.29, 1.82) is 0 Å². The average molecular weight is 879 g/mol. The Morgan fingerprint density at radius 2 is 0.765 bits per heavy atom. The van der Waals surface area contributed by atoms with Crippen molar-refractivity contribution in [3.8, 4) is 0 Å². The number of hydrogen-bond acceptors (Lipinski definition) is 9. The Hall–Kier alpha value is 1.10. The molecule has 0 fully saturated rings. The highest BCUT2D eigenvalue weighted by Gasteiger charge is 2.51. The number of carbonyl (C=O) groups excluding carboxylic acids is 1. The number of ether oxygens (including phenoxy) is 1. The van der Waals surface area contributed by atoms with Gasteiger partial charge in [-0.05, 0) is 124 Å². The van der Waals surface area contributed by atoms with Crippen molar-refractivity contribution in [2.24, 2.45) is 0 Å². The number of rotatable bonds is 28. The van der Waals surface area contributed by atoms with Crippen LogP contribution >= 0.6 is 7.26 Å². The zero-order valence-corrected chi connectivity index (χ0v) is 45.6. The van der Waals surface area contributed by atoms with E-state index in [9.17, 15) is 4.79 Å². The highest BCUT2D eigenvalue weighted by atomic mass is 31.2. The Morgan fingerprint density at radius 3 is 1.04 bits per heavy atom. The van der Waals surface area contributed by atoms with E-state index in [1.54, 1.807) is 0 Å². The maximum Gasteiger partial charge on any atom is 0.329 e. The smallest absolute Gasteiger partial charge is 0.329 e. The second kappa shape index (κ2) is 21.0. The summed E-state index contributed by atoms with van der Waals surface area (Å²) in [7, 11) is -21.3. The van der Waals surface area contributed by atoms with Crippen LogP contribution < -0.4 is 0 Å². The van der Waals surface area contributed by atoms with E-state index in [-0.39, 0.29) is 6.23 Å². The van der Waals surface area contributed by atoms with Gasteiger partial charge < -0.3 is 33.5 Å². The molecule has 0 heterocycles. The fraction of sp³-hybridized carbons (Fsp3) is 0.909. The molecule has 0 aromatic heterocycles. The van der Waals surface area contributed by atoms with Crippen molar-refractivity contribution in [1.82, 2.24) is 0 Å². The fourth-order valence-electron chi connectivity index (χ4n) is 7.64. The molecule has 0 spiro atoms. The van der Waals surface area contributed by atoms with Gasteiger partial charge in [-0.2, -0.15) is 0 Å². The summed E-state index contributed by atoms with van der Waals surface area (Å²) in [4.78, 5) is 11.6. The van der Waals surface area contributed by atoms with Crippen molar-refractivity contribution in [2.75, 3.05) is 30.5 Å². The zero-order chi connectivity index (χ0) is 40.2. The summed E-state index contributed by atoms with van der Waals surface area (Å²) >= 11 is 0. The van der Waals surface area contributed by atoms with E-state index in [0.29, 0.717) is 0 Å². The molecule has 0 aromatic carbocycles. The fourth-order valence-corrected chi connectivity index (χ4v) is 58.8. The summed E-state index contributed by atoms with van der Waals surface area (Å²) in [5.74, 6) is 0.862. The first-order valence-electron chi connectivity index (χ1n) is 19.3. The topological polar surface area (TPSA) is 90.9 Å². The molecule has 0 atom stereocenters. The van der Waals surface area contributed by atoms with Crippen LogP contribution in [0.15, 0.2) is 12.7 Å². The standard InChI is InChI=1S/C33H82O9PSi8/c1-21-25-28-43(29-26-22-2,30-27-23-3)32-45(7,8)37-47(11,12)39-49(15,16)41-51(19,20)42-50(17,18)40-48(13,14)38-46(9,10)36-44(5,6)31-35-33(34)24-4/h24H,4,21-23,25-32H2,1-3,5-20H3/q+1. The predicted molar refractivity (Wildman–Crippen MR) is 240 cm³/mol. The molecule has 0 amide bonds. The van der Waals surface area contributed by atoms with E-state index in [2.05, 4.69) is 92.8 Å². The van der Waals surface area contributed by atoms with Gasteiger partial charge in [-0.25, -0.2) is 4.79 Å². The van der Waals surface area contributed by atoms with Crippen molar-refractivity contribution in [3.63, 3.8) is 0 Å². The molecule has 51 heavy (non-hydrogen) atoms. The molecular weight excluding hydrogens is 796 g/mol. The average Bonchev–Trinajstić information content (AvgIpc) is 2.87. The van der Waals surface area contributed by atoms with E-state index in [4.69, 9.17) is 33.5 Å². The van der Waals surface area contributed by atoms with Crippen molar-refractivity contribution >= 4 is 81.2 Å². The number of unbranched alkanes of at least 4 members (excludes halogenated alkanes) is 3. The molecule has 0 aliphatic heterocycles. The minimum absolute atomic E-state index is 0.242. The van der Waals surface area contributed by atoms with Crippen molar-refractivity contribution in [3.05, 3.63) is 12.7 Å². The zero-order valence-electron chi connectivity index (χ0n) is 36.7. The third kappa shape index (κ3) is 23.7. The summed E-state index contributed by atoms with van der Waals surface area (Å²) in [5, 5.41) is 0. The minimum Gasteiger partial charge on any atom is -0.463 e. The Bertz CT molecular complexity index is 1050. The molecular formula is C33H82O9PSi8+. The van der Waals surface area contributed by atoms with Crippen LogP contribution in [0.2, 0.25) is 105 Å². The molecule has 18 heteroatoms. The summed E-state index contributed by atoms with van der Waals surface area (Å²) in [5.41, 5.74) is 0. The highest BCUT2D eigenvalue weighted by molar-refractivity contribution is 7.77. The first-order chi connectivity index (χ1) is 22.8. The molecule has 0 aromatic rings. The van der Waals surface area contributed by atoms with Gasteiger partial charge in [0.05, 0.1) is 24.3 Å². The lowest BCUT2D eigenvalue weighted by molar-refractivity contribution is -0.136. The largest absolute Gasteiger partial charge is 0.463 e. The number of esters is 1. The first kappa shape index (κ1) is 52.1. The predicted octanol–water partition coefficient (Wildman–Crippen LogP) is 10.9. The van der Waals surface area contributed by atoms with Gasteiger partial charge in [0.2, 0.25) is 16.6 Å². The third-order valence-electron chi connectivity index (χ3n) is 7.90. The first-order valence-corrected chi connectivity index (χ1v) is 45.0. The summed E-state index contributed by atoms with van der Waals surface area (Å²) in [6.45, 7) is 44.6. The molecule has 0 aliphatic carbocycles. The highest BCUT2D eigenvalue weighted by Crippen LogP contribution is 2.62. The molecule has 0 N–H and O–H groups in total. The van der Waals surface area contributed by atoms with E-state index < -0.39 is 81.2 Å². The third-order valence-corrected chi connectivity index (χ3v) is 46.3. The van der Waals surface area contributed by atoms with Crippen LogP contribution in [0.3, 0.4) is 0 Å². The Morgan fingerprint density at radius 1 is 0.490 bits per heavy atom. The van der Waals surface area contributed by atoms with Crippen molar-refractivity contribution in [2.45, 2.75) is 164 Å². The van der Waals surface area contributed by atoms with Gasteiger partial charge in [0, 0.05) is 13.3 Å². The molecule has 0 radical (unpaired) electrons. The SMILES string of the molecule is C=CC(=O)OC[Si](C)(C)O[Si](C)(C)O[Si](C)(C)O[Si](C)(C)O[Si](C)(C)O[Si](C)(C)O[Si](C)(C)O[Si](C)(C)C[P+](CCCC)(CCCC)CCCC. The maximum absolute atomic E-state index is 11.6. The van der Waals surface area contributed by atoms with E-state index in [0.717, 1.165) is 0 Å². The minimum atomic E-state index is -2.70. The Balaban J connectivity index is 5.68. The summed E-state index contributed by atoms with van der Waals surface area (Å²) < 4.78 is 53.2. The van der Waals surface area contributed by atoms with Crippen molar-refractivity contribution < 1.29 is 38.3 Å². The van der Waals surface area contributed by atoms with Gasteiger partial charge >= 0.3 is 57.3 Å². The van der Waals surface area contributed by atoms with Crippen LogP contribution in [0.5, 0.6) is 0 Å². The van der Waals surface area contributed by atoms with Crippen LogP contribution in [0.4, 0.5) is 0 Å². The van der Waals surface area contributed by atoms with E-state index in [1.165, 1.54) is 68.9 Å². The summed E-state index contributed by atoms with van der Waals surface area (Å²) in [6, 6.07) is 0. The molecule has 0 unspecified atom stereocenters. The molecule has 0 rings (SSSR count). The maximum atomic E-state index is 11.6. The van der Waals surface area contributed by atoms with E-state index in [1.807, 2.05) is 39.3 Å². The molecule has 0 aliphatic rings. The van der Waals surface area contributed by atoms with Crippen LogP contribution in [-0.4, -0.2) is 104 Å².